The van der Waals surface area contributed by atoms with E-state index in [1.54, 1.807) is 13.8 Å². The van der Waals surface area contributed by atoms with E-state index in [4.69, 9.17) is 5.11 Å². The molecule has 1 aliphatic carbocycles. The average Bonchev–Trinajstić information content (AvgIpc) is 2.35. The van der Waals surface area contributed by atoms with E-state index in [0.29, 0.717) is 6.42 Å². The molecule has 1 N–H and O–H groups in total. The molecule has 0 amide bonds. The summed E-state index contributed by atoms with van der Waals surface area (Å²) in [6, 6.07) is 0. The highest BCUT2D eigenvalue weighted by Gasteiger charge is 2.42. The van der Waals surface area contributed by atoms with Gasteiger partial charge in [0.1, 0.15) is 5.78 Å². The number of Topliss-reactive ketones (excluding diaryl/α,β-unsaturated/α-hetero) is 1. The number of ketones is 1. The summed E-state index contributed by atoms with van der Waals surface area (Å²) >= 11 is 0. The molecule has 1 saturated carbocycles. The van der Waals surface area contributed by atoms with Crippen molar-refractivity contribution in [3.8, 4) is 0 Å². The summed E-state index contributed by atoms with van der Waals surface area (Å²) in [5, 5.41) is 8.87. The topological polar surface area (TPSA) is 54.4 Å². The number of hydrogen-bond acceptors (Lipinski definition) is 2. The summed E-state index contributed by atoms with van der Waals surface area (Å²) in [5.74, 6) is -1.03. The molecule has 12 heavy (non-hydrogen) atoms. The van der Waals surface area contributed by atoms with Crippen LogP contribution in [-0.2, 0) is 9.59 Å². The van der Waals surface area contributed by atoms with E-state index in [-0.39, 0.29) is 11.7 Å². The standard InChI is InChI=1S/C9H14O3/c1-9(2,8(11)12)6-4-3-5-7(6)10/h6H,3-5H2,1-2H3,(H,11,12). The number of carbonyl (C=O) groups is 2. The Morgan fingerprint density at radius 3 is 2.50 bits per heavy atom. The second-order valence-electron chi connectivity index (χ2n) is 3.94. The predicted molar refractivity (Wildman–Crippen MR) is 43.8 cm³/mol. The van der Waals surface area contributed by atoms with E-state index in [2.05, 4.69) is 0 Å². The van der Waals surface area contributed by atoms with Gasteiger partial charge in [-0.25, -0.2) is 0 Å². The highest BCUT2D eigenvalue weighted by atomic mass is 16.4. The molecule has 1 rings (SSSR count). The van der Waals surface area contributed by atoms with Crippen LogP contribution in [0.15, 0.2) is 0 Å². The molecule has 0 spiro atoms. The Kier molecular flexibility index (Phi) is 2.22. The number of carboxylic acids is 1. The van der Waals surface area contributed by atoms with Crippen molar-refractivity contribution in [1.82, 2.24) is 0 Å². The van der Waals surface area contributed by atoms with Crippen molar-refractivity contribution in [2.45, 2.75) is 33.1 Å². The number of hydrogen-bond donors (Lipinski definition) is 1. The van der Waals surface area contributed by atoms with Gasteiger partial charge >= 0.3 is 5.97 Å². The summed E-state index contributed by atoms with van der Waals surface area (Å²) in [6.07, 6.45) is 2.14. The summed E-state index contributed by atoms with van der Waals surface area (Å²) in [6.45, 7) is 3.26. The van der Waals surface area contributed by atoms with Crippen LogP contribution in [0, 0.1) is 11.3 Å². The molecule has 0 radical (unpaired) electrons. The largest absolute Gasteiger partial charge is 0.481 e. The van der Waals surface area contributed by atoms with Crippen LogP contribution >= 0.6 is 0 Å². The van der Waals surface area contributed by atoms with Gasteiger partial charge in [0.15, 0.2) is 0 Å². The van der Waals surface area contributed by atoms with E-state index in [1.807, 2.05) is 0 Å². The lowest BCUT2D eigenvalue weighted by molar-refractivity contribution is -0.152. The van der Waals surface area contributed by atoms with E-state index < -0.39 is 11.4 Å². The smallest absolute Gasteiger partial charge is 0.309 e. The fourth-order valence-electron chi connectivity index (χ4n) is 1.73. The first-order valence-electron chi connectivity index (χ1n) is 4.22. The maximum atomic E-state index is 11.3. The average molecular weight is 170 g/mol. The Balaban J connectivity index is 2.80. The normalized spacial score (nSPS) is 24.5. The van der Waals surface area contributed by atoms with Gasteiger partial charge in [-0.15, -0.1) is 0 Å². The quantitative estimate of drug-likeness (QED) is 0.682. The van der Waals surface area contributed by atoms with Crippen molar-refractivity contribution >= 4 is 11.8 Å². The van der Waals surface area contributed by atoms with E-state index in [9.17, 15) is 9.59 Å². The molecule has 0 aromatic heterocycles. The molecule has 68 valence electrons. The molecule has 1 unspecified atom stereocenters. The Morgan fingerprint density at radius 2 is 2.17 bits per heavy atom. The zero-order valence-corrected chi connectivity index (χ0v) is 7.46. The SMILES string of the molecule is CC(C)(C(=O)O)C1CCCC1=O. The van der Waals surface area contributed by atoms with Crippen LogP contribution < -0.4 is 0 Å². The Hall–Kier alpha value is -0.860. The first kappa shape index (κ1) is 9.23. The predicted octanol–water partition coefficient (Wildman–Crippen LogP) is 1.47. The maximum Gasteiger partial charge on any atom is 0.309 e. The lowest BCUT2D eigenvalue weighted by Gasteiger charge is -2.24. The number of carboxylic acid groups (broad SMARTS) is 1. The molecule has 0 aliphatic heterocycles. The Bertz CT molecular complexity index is 218. The minimum absolute atomic E-state index is 0.113. The van der Waals surface area contributed by atoms with Gasteiger partial charge in [-0.2, -0.15) is 0 Å². The fraction of sp³-hybridized carbons (Fsp3) is 0.778. The second-order valence-corrected chi connectivity index (χ2v) is 3.94. The van der Waals surface area contributed by atoms with Gasteiger partial charge in [0.25, 0.3) is 0 Å². The first-order valence-corrected chi connectivity index (χ1v) is 4.22. The van der Waals surface area contributed by atoms with Gasteiger partial charge in [-0.3, -0.25) is 9.59 Å². The van der Waals surface area contributed by atoms with Gasteiger partial charge in [0.05, 0.1) is 5.41 Å². The van der Waals surface area contributed by atoms with Crippen LogP contribution in [0.4, 0.5) is 0 Å². The number of carbonyl (C=O) groups excluding carboxylic acids is 1. The van der Waals surface area contributed by atoms with Crippen LogP contribution in [0.25, 0.3) is 0 Å². The number of aliphatic carboxylic acids is 1. The molecule has 1 aliphatic rings. The molecule has 0 saturated heterocycles. The van der Waals surface area contributed by atoms with Crippen molar-refractivity contribution in [2.24, 2.45) is 11.3 Å². The monoisotopic (exact) mass is 170 g/mol. The van der Waals surface area contributed by atoms with Gasteiger partial charge < -0.3 is 5.11 Å². The summed E-state index contributed by atoms with van der Waals surface area (Å²) < 4.78 is 0. The first-order chi connectivity index (χ1) is 5.46. The molecule has 0 aromatic rings. The molecule has 3 heteroatoms. The minimum Gasteiger partial charge on any atom is -0.481 e. The number of rotatable bonds is 2. The Morgan fingerprint density at radius 1 is 1.58 bits per heavy atom. The van der Waals surface area contributed by atoms with Crippen LogP contribution in [0.2, 0.25) is 0 Å². The third-order valence-electron chi connectivity index (χ3n) is 2.73. The van der Waals surface area contributed by atoms with Crippen LogP contribution in [-0.4, -0.2) is 16.9 Å². The molecule has 0 heterocycles. The van der Waals surface area contributed by atoms with Crippen molar-refractivity contribution in [1.29, 1.82) is 0 Å². The van der Waals surface area contributed by atoms with Crippen molar-refractivity contribution < 1.29 is 14.7 Å². The van der Waals surface area contributed by atoms with E-state index in [1.165, 1.54) is 0 Å². The molecule has 1 fully saturated rings. The molecule has 3 nitrogen and oxygen atoms in total. The molecular formula is C9H14O3. The zero-order chi connectivity index (χ0) is 9.35. The summed E-state index contributed by atoms with van der Waals surface area (Å²) in [5.41, 5.74) is -0.881. The summed E-state index contributed by atoms with van der Waals surface area (Å²) in [7, 11) is 0. The van der Waals surface area contributed by atoms with E-state index in [0.717, 1.165) is 12.8 Å². The lowest BCUT2D eigenvalue weighted by Crippen LogP contribution is -2.35. The third kappa shape index (κ3) is 1.36. The van der Waals surface area contributed by atoms with Crippen LogP contribution in [0.1, 0.15) is 33.1 Å². The lowest BCUT2D eigenvalue weighted by atomic mass is 9.77. The summed E-state index contributed by atoms with van der Waals surface area (Å²) in [4.78, 5) is 22.1. The van der Waals surface area contributed by atoms with Gasteiger partial charge in [0, 0.05) is 12.3 Å². The minimum atomic E-state index is -0.881. The highest BCUT2D eigenvalue weighted by molar-refractivity contribution is 5.89. The van der Waals surface area contributed by atoms with Crippen LogP contribution in [0.5, 0.6) is 0 Å². The van der Waals surface area contributed by atoms with Gasteiger partial charge in [-0.1, -0.05) is 0 Å². The maximum absolute atomic E-state index is 11.3. The Labute approximate surface area is 71.8 Å². The fourth-order valence-corrected chi connectivity index (χ4v) is 1.73. The highest BCUT2D eigenvalue weighted by Crippen LogP contribution is 2.37. The third-order valence-corrected chi connectivity index (χ3v) is 2.73. The molecule has 1 atom stereocenters. The van der Waals surface area contributed by atoms with Crippen molar-refractivity contribution in [2.75, 3.05) is 0 Å². The van der Waals surface area contributed by atoms with Crippen LogP contribution in [0.3, 0.4) is 0 Å². The van der Waals surface area contributed by atoms with Gasteiger partial charge in [-0.05, 0) is 26.7 Å². The molecule has 0 aromatic carbocycles. The zero-order valence-electron chi connectivity index (χ0n) is 7.46. The van der Waals surface area contributed by atoms with Gasteiger partial charge in [0.2, 0.25) is 0 Å². The van der Waals surface area contributed by atoms with E-state index >= 15 is 0 Å². The molecular weight excluding hydrogens is 156 g/mol. The van der Waals surface area contributed by atoms with Crippen molar-refractivity contribution in [3.63, 3.8) is 0 Å². The molecule has 0 bridgehead atoms. The van der Waals surface area contributed by atoms with Crippen molar-refractivity contribution in [3.05, 3.63) is 0 Å². The second kappa shape index (κ2) is 2.88.